The minimum atomic E-state index is 0.627. The second-order valence-corrected chi connectivity index (χ2v) is 17.0. The summed E-state index contributed by atoms with van der Waals surface area (Å²) in [6.45, 7) is 0. The molecule has 13 rings (SSSR count). The third-order valence-corrected chi connectivity index (χ3v) is 13.6. The molecule has 0 atom stereocenters. The number of hydrogen-bond donors (Lipinski definition) is 0. The van der Waals surface area contributed by atoms with Crippen molar-refractivity contribution >= 4 is 75.1 Å². The molecule has 0 saturated carbocycles. The largest absolute Gasteiger partial charge is 0.309 e. The lowest BCUT2D eigenvalue weighted by atomic mass is 10.0. The molecule has 13 aromatic rings. The molecule has 6 heteroatoms. The van der Waals surface area contributed by atoms with E-state index in [0.717, 1.165) is 65.6 Å². The quantitative estimate of drug-likeness (QED) is 0.168. The van der Waals surface area contributed by atoms with Gasteiger partial charge in [-0.1, -0.05) is 152 Å². The van der Waals surface area contributed by atoms with Crippen LogP contribution in [-0.4, -0.2) is 24.1 Å². The van der Waals surface area contributed by atoms with Crippen molar-refractivity contribution in [3.05, 3.63) is 212 Å². The summed E-state index contributed by atoms with van der Waals surface area (Å²) >= 11 is 1.80. The van der Waals surface area contributed by atoms with Gasteiger partial charge in [0.1, 0.15) is 0 Å². The van der Waals surface area contributed by atoms with Crippen LogP contribution in [0.3, 0.4) is 0 Å². The third kappa shape index (κ3) is 5.66. The van der Waals surface area contributed by atoms with Crippen molar-refractivity contribution in [3.63, 3.8) is 0 Å². The first-order valence-electron chi connectivity index (χ1n) is 21.2. The number of benzene rings is 9. The van der Waals surface area contributed by atoms with Gasteiger partial charge in [0.15, 0.2) is 17.5 Å². The number of fused-ring (bicyclic) bond motifs is 9. The summed E-state index contributed by atoms with van der Waals surface area (Å²) in [5.74, 6) is 1.88. The van der Waals surface area contributed by atoms with Crippen LogP contribution in [0.2, 0.25) is 0 Å². The molecule has 0 bridgehead atoms. The average Bonchev–Trinajstić information content (AvgIpc) is 4.02. The standard InChI is InChI=1S/C57H35N5S/c1-4-17-36(18-5-1)38-31-32-52-45(33-38)46-34-40(62-48-27-13-10-23-41(48)42-24-11-14-28-49(42)62)35-47(54(46)63-52)57-59-55(37-19-6-2-7-20-37)58-56(60-57)44-26-16-30-51-53(44)43-25-12-15-29-50(43)61(51)39-21-8-3-9-22-39/h1-35H. The fraction of sp³-hybridized carbons (Fsp3) is 0. The minimum Gasteiger partial charge on any atom is -0.309 e. The van der Waals surface area contributed by atoms with Crippen molar-refractivity contribution < 1.29 is 0 Å². The molecule has 0 aliphatic carbocycles. The van der Waals surface area contributed by atoms with Gasteiger partial charge in [-0.15, -0.1) is 11.3 Å². The number of para-hydroxylation sites is 4. The van der Waals surface area contributed by atoms with Gasteiger partial charge in [0.25, 0.3) is 0 Å². The Balaban J connectivity index is 1.13. The monoisotopic (exact) mass is 821 g/mol. The fourth-order valence-electron chi connectivity index (χ4n) is 9.56. The molecule has 0 amide bonds. The summed E-state index contributed by atoms with van der Waals surface area (Å²) in [4.78, 5) is 16.3. The maximum atomic E-state index is 5.54. The van der Waals surface area contributed by atoms with E-state index in [9.17, 15) is 0 Å². The van der Waals surface area contributed by atoms with E-state index >= 15 is 0 Å². The van der Waals surface area contributed by atoms with Crippen LogP contribution in [0.5, 0.6) is 0 Å². The molecular formula is C57H35N5S. The lowest BCUT2D eigenvalue weighted by molar-refractivity contribution is 1.08. The van der Waals surface area contributed by atoms with Gasteiger partial charge in [0.2, 0.25) is 0 Å². The summed E-state index contributed by atoms with van der Waals surface area (Å²) in [6.07, 6.45) is 0. The highest BCUT2D eigenvalue weighted by Gasteiger charge is 2.23. The van der Waals surface area contributed by atoms with Crippen LogP contribution in [0.4, 0.5) is 0 Å². The first-order valence-corrected chi connectivity index (χ1v) is 22.0. The van der Waals surface area contributed by atoms with Crippen molar-refractivity contribution in [2.45, 2.75) is 0 Å². The molecule has 0 aliphatic rings. The highest BCUT2D eigenvalue weighted by Crippen LogP contribution is 2.45. The SMILES string of the molecule is c1ccc(-c2ccc3sc4c(-c5nc(-c6ccccc6)nc(-c6cccc7c6c6ccccc6n7-c6ccccc6)n5)cc(-n5c6ccccc6c6ccccc65)cc4c3c2)cc1. The molecule has 0 unspecified atom stereocenters. The molecule has 0 spiro atoms. The molecule has 294 valence electrons. The Hall–Kier alpha value is -8.19. The van der Waals surface area contributed by atoms with Gasteiger partial charge >= 0.3 is 0 Å². The van der Waals surface area contributed by atoms with Crippen LogP contribution in [-0.2, 0) is 0 Å². The number of hydrogen-bond acceptors (Lipinski definition) is 4. The van der Waals surface area contributed by atoms with Crippen LogP contribution in [0.25, 0.3) is 120 Å². The Morgan fingerprint density at radius 3 is 1.56 bits per heavy atom. The Bertz CT molecular complexity index is 3850. The fourth-order valence-corrected chi connectivity index (χ4v) is 10.7. The van der Waals surface area contributed by atoms with E-state index in [1.165, 1.54) is 37.4 Å². The van der Waals surface area contributed by atoms with E-state index < -0.39 is 0 Å². The van der Waals surface area contributed by atoms with Crippen LogP contribution in [0, 0.1) is 0 Å². The first-order chi connectivity index (χ1) is 31.2. The highest BCUT2D eigenvalue weighted by molar-refractivity contribution is 7.26. The molecule has 0 radical (unpaired) electrons. The summed E-state index contributed by atoms with van der Waals surface area (Å²) in [7, 11) is 0. The Morgan fingerprint density at radius 1 is 0.317 bits per heavy atom. The smallest absolute Gasteiger partial charge is 0.165 e. The normalized spacial score (nSPS) is 11.8. The van der Waals surface area contributed by atoms with Gasteiger partial charge in [0.05, 0.1) is 22.1 Å². The maximum Gasteiger partial charge on any atom is 0.165 e. The van der Waals surface area contributed by atoms with Crippen molar-refractivity contribution in [2.24, 2.45) is 0 Å². The summed E-state index contributed by atoms with van der Waals surface area (Å²) < 4.78 is 7.09. The molecule has 63 heavy (non-hydrogen) atoms. The maximum absolute atomic E-state index is 5.54. The molecule has 4 aromatic heterocycles. The van der Waals surface area contributed by atoms with Crippen LogP contribution < -0.4 is 0 Å². The van der Waals surface area contributed by atoms with Gasteiger partial charge < -0.3 is 9.13 Å². The van der Waals surface area contributed by atoms with Gasteiger partial charge in [-0.05, 0) is 71.8 Å². The summed E-state index contributed by atoms with van der Waals surface area (Å²) in [5, 5.41) is 7.05. The van der Waals surface area contributed by atoms with E-state index in [2.05, 4.69) is 203 Å². The van der Waals surface area contributed by atoms with Crippen molar-refractivity contribution in [1.29, 1.82) is 0 Å². The summed E-state index contributed by atoms with van der Waals surface area (Å²) in [6, 6.07) is 75.5. The predicted octanol–water partition coefficient (Wildman–Crippen LogP) is 15.1. The first kappa shape index (κ1) is 35.6. The van der Waals surface area contributed by atoms with Crippen LogP contribution in [0.15, 0.2) is 212 Å². The zero-order chi connectivity index (χ0) is 41.4. The topological polar surface area (TPSA) is 48.5 Å². The van der Waals surface area contributed by atoms with Crippen molar-refractivity contribution in [1.82, 2.24) is 24.1 Å². The van der Waals surface area contributed by atoms with E-state index in [1.54, 1.807) is 11.3 Å². The highest BCUT2D eigenvalue weighted by atomic mass is 32.1. The van der Waals surface area contributed by atoms with Crippen molar-refractivity contribution in [2.75, 3.05) is 0 Å². The van der Waals surface area contributed by atoms with Crippen molar-refractivity contribution in [3.8, 4) is 56.7 Å². The minimum absolute atomic E-state index is 0.627. The van der Waals surface area contributed by atoms with E-state index in [-0.39, 0.29) is 0 Å². The lowest BCUT2D eigenvalue weighted by Crippen LogP contribution is -2.02. The van der Waals surface area contributed by atoms with Crippen LogP contribution in [0.1, 0.15) is 0 Å². The second kappa shape index (κ2) is 14.2. The lowest BCUT2D eigenvalue weighted by Gasteiger charge is -2.13. The zero-order valence-corrected chi connectivity index (χ0v) is 34.7. The molecular weight excluding hydrogens is 787 g/mol. The predicted molar refractivity (Wildman–Crippen MR) is 263 cm³/mol. The Labute approximate surface area is 366 Å². The molecule has 0 saturated heterocycles. The third-order valence-electron chi connectivity index (χ3n) is 12.4. The molecule has 4 heterocycles. The number of aromatic nitrogens is 5. The molecule has 0 aliphatic heterocycles. The summed E-state index contributed by atoms with van der Waals surface area (Å²) in [5.41, 5.74) is 11.9. The Morgan fingerprint density at radius 2 is 0.857 bits per heavy atom. The van der Waals surface area contributed by atoms with Gasteiger partial charge in [-0.25, -0.2) is 15.0 Å². The van der Waals surface area contributed by atoms with E-state index in [4.69, 9.17) is 15.0 Å². The molecule has 5 nitrogen and oxygen atoms in total. The van der Waals surface area contributed by atoms with Crippen LogP contribution >= 0.6 is 11.3 Å². The molecule has 0 fully saturated rings. The Kier molecular flexibility index (Phi) is 8.01. The second-order valence-electron chi connectivity index (χ2n) is 16.0. The van der Waals surface area contributed by atoms with E-state index in [0.29, 0.717) is 17.5 Å². The number of rotatable bonds is 6. The van der Waals surface area contributed by atoms with Gasteiger partial charge in [-0.2, -0.15) is 0 Å². The molecule has 0 N–H and O–H groups in total. The van der Waals surface area contributed by atoms with E-state index in [1.807, 2.05) is 18.2 Å². The van der Waals surface area contributed by atoms with Gasteiger partial charge in [-0.3, -0.25) is 0 Å². The zero-order valence-electron chi connectivity index (χ0n) is 33.9. The average molecular weight is 822 g/mol. The molecule has 9 aromatic carbocycles. The number of nitrogens with zero attached hydrogens (tertiary/aromatic N) is 5. The number of thiophene rings is 1. The van der Waals surface area contributed by atoms with Gasteiger partial charge in [0, 0.05) is 69.8 Å².